The molecule has 0 rings (SSSR count). The average Bonchev–Trinajstić information content (AvgIpc) is 2.41. The molecule has 1 unspecified atom stereocenters. The molecule has 0 fully saturated rings. The zero-order chi connectivity index (χ0) is 15.2. The molecular weight excluding hydrogens is 256 g/mol. The van der Waals surface area contributed by atoms with Gasteiger partial charge in [0.25, 0.3) is 0 Å². The van der Waals surface area contributed by atoms with Crippen molar-refractivity contribution in [3.05, 3.63) is 0 Å². The van der Waals surface area contributed by atoms with E-state index in [1.54, 1.807) is 0 Å². The van der Waals surface area contributed by atoms with E-state index >= 15 is 0 Å². The molecule has 5 nitrogen and oxygen atoms in total. The highest BCUT2D eigenvalue weighted by Crippen LogP contribution is 2.06. The summed E-state index contributed by atoms with van der Waals surface area (Å²) < 4.78 is 0. The zero-order valence-electron chi connectivity index (χ0n) is 12.9. The molecule has 0 heterocycles. The minimum Gasteiger partial charge on any atom is -0.480 e. The number of carbonyl (C=O) groups is 2. The SMILES string of the molecule is CCCCCCCCCNC(=O)NC(CCC)C(=O)O. The Kier molecular flexibility index (Phi) is 12.0. The molecule has 0 bridgehead atoms. The number of urea groups is 1. The first-order valence-corrected chi connectivity index (χ1v) is 7.89. The number of hydrogen-bond acceptors (Lipinski definition) is 2. The van der Waals surface area contributed by atoms with Crippen LogP contribution in [-0.2, 0) is 4.79 Å². The van der Waals surface area contributed by atoms with Gasteiger partial charge in [-0.25, -0.2) is 9.59 Å². The summed E-state index contributed by atoms with van der Waals surface area (Å²) in [5.41, 5.74) is 0. The number of aliphatic carboxylic acids is 1. The standard InChI is InChI=1S/C15H30N2O3/c1-3-5-6-7-8-9-10-12-16-15(20)17-13(11-4-2)14(18)19/h13H,3-12H2,1-2H3,(H,18,19)(H2,16,17,20). The summed E-state index contributed by atoms with van der Waals surface area (Å²) in [4.78, 5) is 22.4. The summed E-state index contributed by atoms with van der Waals surface area (Å²) in [6, 6.07) is -1.16. The smallest absolute Gasteiger partial charge is 0.326 e. The first kappa shape index (κ1) is 18.7. The Balaban J connectivity index is 3.55. The highest BCUT2D eigenvalue weighted by molar-refractivity contribution is 5.82. The second kappa shape index (κ2) is 12.8. The van der Waals surface area contributed by atoms with Crippen molar-refractivity contribution in [1.82, 2.24) is 10.6 Å². The van der Waals surface area contributed by atoms with E-state index in [9.17, 15) is 9.59 Å². The molecule has 2 amide bonds. The van der Waals surface area contributed by atoms with Gasteiger partial charge in [-0.15, -0.1) is 0 Å². The normalized spacial score (nSPS) is 11.9. The third-order valence-corrected chi connectivity index (χ3v) is 3.25. The maximum Gasteiger partial charge on any atom is 0.326 e. The lowest BCUT2D eigenvalue weighted by atomic mass is 10.1. The fourth-order valence-electron chi connectivity index (χ4n) is 2.04. The van der Waals surface area contributed by atoms with Gasteiger partial charge >= 0.3 is 12.0 Å². The van der Waals surface area contributed by atoms with Crippen molar-refractivity contribution in [3.8, 4) is 0 Å². The Hall–Kier alpha value is -1.26. The van der Waals surface area contributed by atoms with E-state index in [4.69, 9.17) is 5.11 Å². The molecule has 0 aliphatic heterocycles. The van der Waals surface area contributed by atoms with Crippen LogP contribution in [0.15, 0.2) is 0 Å². The molecule has 0 aromatic carbocycles. The lowest BCUT2D eigenvalue weighted by molar-refractivity contribution is -0.139. The van der Waals surface area contributed by atoms with Gasteiger partial charge in [0.05, 0.1) is 0 Å². The van der Waals surface area contributed by atoms with Crippen LogP contribution in [0.25, 0.3) is 0 Å². The number of amides is 2. The molecule has 0 aliphatic carbocycles. The van der Waals surface area contributed by atoms with Crippen molar-refractivity contribution in [2.24, 2.45) is 0 Å². The molecule has 3 N–H and O–H groups in total. The molecule has 0 saturated heterocycles. The molecule has 20 heavy (non-hydrogen) atoms. The number of rotatable bonds is 12. The molecule has 0 aromatic rings. The lowest BCUT2D eigenvalue weighted by Gasteiger charge is -2.14. The zero-order valence-corrected chi connectivity index (χ0v) is 12.9. The van der Waals surface area contributed by atoms with E-state index in [-0.39, 0.29) is 6.03 Å². The van der Waals surface area contributed by atoms with Crippen LogP contribution in [0.1, 0.15) is 71.6 Å². The summed E-state index contributed by atoms with van der Waals surface area (Å²) >= 11 is 0. The summed E-state index contributed by atoms with van der Waals surface area (Å²) in [5.74, 6) is -0.974. The Morgan fingerprint density at radius 3 is 2.10 bits per heavy atom. The van der Waals surface area contributed by atoms with E-state index < -0.39 is 12.0 Å². The van der Waals surface area contributed by atoms with E-state index in [1.807, 2.05) is 6.92 Å². The highest BCUT2D eigenvalue weighted by atomic mass is 16.4. The van der Waals surface area contributed by atoms with E-state index in [0.29, 0.717) is 13.0 Å². The van der Waals surface area contributed by atoms with E-state index in [1.165, 1.54) is 32.1 Å². The molecule has 0 aromatic heterocycles. The Bertz CT molecular complexity index is 270. The summed E-state index contributed by atoms with van der Waals surface area (Å²) in [5, 5.41) is 14.1. The summed E-state index contributed by atoms with van der Waals surface area (Å²) in [6.07, 6.45) is 9.57. The van der Waals surface area contributed by atoms with Crippen LogP contribution in [0.4, 0.5) is 4.79 Å². The van der Waals surface area contributed by atoms with Crippen LogP contribution in [0.2, 0.25) is 0 Å². The van der Waals surface area contributed by atoms with Gasteiger partial charge in [0.2, 0.25) is 0 Å². The third kappa shape index (κ3) is 10.6. The number of carboxylic acids is 1. The molecule has 1 atom stereocenters. The van der Waals surface area contributed by atoms with Crippen LogP contribution in [-0.4, -0.2) is 29.7 Å². The predicted molar refractivity (Wildman–Crippen MR) is 80.9 cm³/mol. The van der Waals surface area contributed by atoms with Crippen molar-refractivity contribution in [3.63, 3.8) is 0 Å². The van der Waals surface area contributed by atoms with Gasteiger partial charge in [0.1, 0.15) is 6.04 Å². The number of unbranched alkanes of at least 4 members (excludes halogenated alkanes) is 6. The van der Waals surface area contributed by atoms with Crippen LogP contribution >= 0.6 is 0 Å². The predicted octanol–water partition coefficient (Wildman–Crippen LogP) is 3.29. The number of nitrogens with one attached hydrogen (secondary N) is 2. The second-order valence-corrected chi connectivity index (χ2v) is 5.20. The van der Waals surface area contributed by atoms with Gasteiger partial charge in [0, 0.05) is 6.54 Å². The molecule has 0 radical (unpaired) electrons. The lowest BCUT2D eigenvalue weighted by Crippen LogP contribution is -2.46. The molecule has 0 spiro atoms. The fourth-order valence-corrected chi connectivity index (χ4v) is 2.04. The third-order valence-electron chi connectivity index (χ3n) is 3.25. The first-order valence-electron chi connectivity index (χ1n) is 7.89. The minimum atomic E-state index is -0.974. The summed E-state index contributed by atoms with van der Waals surface area (Å²) in [6.45, 7) is 4.71. The topological polar surface area (TPSA) is 78.4 Å². The second-order valence-electron chi connectivity index (χ2n) is 5.20. The number of carboxylic acid groups (broad SMARTS) is 1. The maximum atomic E-state index is 11.5. The van der Waals surface area contributed by atoms with Gasteiger partial charge in [0.15, 0.2) is 0 Å². The van der Waals surface area contributed by atoms with Crippen molar-refractivity contribution < 1.29 is 14.7 Å². The fraction of sp³-hybridized carbons (Fsp3) is 0.867. The maximum absolute atomic E-state index is 11.5. The first-order chi connectivity index (χ1) is 9.61. The minimum absolute atomic E-state index is 0.378. The Labute approximate surface area is 122 Å². The van der Waals surface area contributed by atoms with Gasteiger partial charge in [-0.1, -0.05) is 58.8 Å². The number of hydrogen-bond donors (Lipinski definition) is 3. The largest absolute Gasteiger partial charge is 0.480 e. The monoisotopic (exact) mass is 286 g/mol. The van der Waals surface area contributed by atoms with E-state index in [2.05, 4.69) is 17.6 Å². The van der Waals surface area contributed by atoms with Crippen LogP contribution in [0, 0.1) is 0 Å². The Morgan fingerprint density at radius 1 is 0.950 bits per heavy atom. The Morgan fingerprint density at radius 2 is 1.55 bits per heavy atom. The van der Waals surface area contributed by atoms with Gasteiger partial charge in [-0.05, 0) is 12.8 Å². The van der Waals surface area contributed by atoms with E-state index in [0.717, 1.165) is 19.3 Å². The van der Waals surface area contributed by atoms with Gasteiger partial charge < -0.3 is 15.7 Å². The quantitative estimate of drug-likeness (QED) is 0.482. The van der Waals surface area contributed by atoms with Crippen LogP contribution in [0.3, 0.4) is 0 Å². The van der Waals surface area contributed by atoms with Crippen molar-refractivity contribution in [1.29, 1.82) is 0 Å². The van der Waals surface area contributed by atoms with Crippen molar-refractivity contribution in [2.75, 3.05) is 6.54 Å². The molecule has 118 valence electrons. The molecule has 5 heteroatoms. The van der Waals surface area contributed by atoms with Gasteiger partial charge in [-0.3, -0.25) is 0 Å². The average molecular weight is 286 g/mol. The van der Waals surface area contributed by atoms with Crippen molar-refractivity contribution in [2.45, 2.75) is 77.7 Å². The number of carbonyl (C=O) groups excluding carboxylic acids is 1. The highest BCUT2D eigenvalue weighted by Gasteiger charge is 2.18. The van der Waals surface area contributed by atoms with Gasteiger partial charge in [-0.2, -0.15) is 0 Å². The van der Waals surface area contributed by atoms with Crippen LogP contribution in [0.5, 0.6) is 0 Å². The van der Waals surface area contributed by atoms with Crippen LogP contribution < -0.4 is 10.6 Å². The molecular formula is C15H30N2O3. The van der Waals surface area contributed by atoms with Crippen molar-refractivity contribution >= 4 is 12.0 Å². The molecule has 0 saturated carbocycles. The summed E-state index contributed by atoms with van der Waals surface area (Å²) in [7, 11) is 0. The molecule has 0 aliphatic rings.